The molecule has 0 atom stereocenters. The minimum atomic E-state index is -3.54. The first kappa shape index (κ1) is 22.4. The number of pyridine rings is 1. The van der Waals surface area contributed by atoms with E-state index in [0.29, 0.717) is 24.5 Å². The van der Waals surface area contributed by atoms with Crippen LogP contribution in [-0.2, 0) is 23.0 Å². The number of benzene rings is 2. The molecule has 0 fully saturated rings. The molecule has 0 saturated heterocycles. The number of nitrogens with two attached hydrogens (primary N) is 1. The van der Waals surface area contributed by atoms with Crippen LogP contribution in [0.15, 0.2) is 59.6 Å². The highest BCUT2D eigenvalue weighted by atomic mass is 32.2. The minimum absolute atomic E-state index is 0.345. The van der Waals surface area contributed by atoms with Gasteiger partial charge >= 0.3 is 0 Å². The molecule has 1 heterocycles. The van der Waals surface area contributed by atoms with Crippen LogP contribution >= 0.6 is 0 Å². The van der Waals surface area contributed by atoms with Crippen LogP contribution in [0, 0.1) is 6.92 Å². The molecular formula is C23H30N4O2S. The van der Waals surface area contributed by atoms with Crippen LogP contribution < -0.4 is 10.5 Å². The maximum atomic E-state index is 12.8. The summed E-state index contributed by atoms with van der Waals surface area (Å²) in [5, 5.41) is 2.01. The van der Waals surface area contributed by atoms with Gasteiger partial charge in [-0.25, -0.2) is 13.1 Å². The van der Waals surface area contributed by atoms with Crippen molar-refractivity contribution < 1.29 is 8.42 Å². The molecular weight excluding hydrogens is 396 g/mol. The second-order valence-electron chi connectivity index (χ2n) is 7.58. The van der Waals surface area contributed by atoms with Gasteiger partial charge < -0.3 is 10.6 Å². The number of nitrogens with zero attached hydrogens (tertiary/aromatic N) is 2. The Morgan fingerprint density at radius 3 is 2.60 bits per heavy atom. The number of rotatable bonds is 10. The van der Waals surface area contributed by atoms with Gasteiger partial charge in [0.2, 0.25) is 10.0 Å². The summed E-state index contributed by atoms with van der Waals surface area (Å²) in [7, 11) is -1.54. The van der Waals surface area contributed by atoms with Crippen molar-refractivity contribution in [3.63, 3.8) is 0 Å². The second-order valence-corrected chi connectivity index (χ2v) is 9.31. The Morgan fingerprint density at radius 2 is 1.87 bits per heavy atom. The van der Waals surface area contributed by atoms with Gasteiger partial charge in [0, 0.05) is 25.8 Å². The molecule has 0 bridgehead atoms. The van der Waals surface area contributed by atoms with Gasteiger partial charge in [-0.15, -0.1) is 0 Å². The molecule has 0 saturated carbocycles. The van der Waals surface area contributed by atoms with Gasteiger partial charge in [-0.2, -0.15) is 0 Å². The van der Waals surface area contributed by atoms with Gasteiger partial charge in [0.1, 0.15) is 0 Å². The van der Waals surface area contributed by atoms with E-state index in [0.717, 1.165) is 41.4 Å². The zero-order valence-electron chi connectivity index (χ0n) is 17.6. The first-order chi connectivity index (χ1) is 14.4. The Kier molecular flexibility index (Phi) is 7.55. The monoisotopic (exact) mass is 426 g/mol. The van der Waals surface area contributed by atoms with E-state index >= 15 is 0 Å². The summed E-state index contributed by atoms with van der Waals surface area (Å²) in [5.74, 6) is 0. The molecule has 6 nitrogen and oxygen atoms in total. The van der Waals surface area contributed by atoms with E-state index in [1.54, 1.807) is 6.07 Å². The zero-order valence-corrected chi connectivity index (χ0v) is 18.5. The van der Waals surface area contributed by atoms with E-state index in [9.17, 15) is 8.42 Å². The largest absolute Gasteiger partial charge is 0.325 e. The van der Waals surface area contributed by atoms with Crippen LogP contribution in [0.1, 0.15) is 23.2 Å². The van der Waals surface area contributed by atoms with Crippen LogP contribution in [0.3, 0.4) is 0 Å². The van der Waals surface area contributed by atoms with Crippen LogP contribution in [0.25, 0.3) is 10.8 Å². The number of likely N-dealkylation sites (N-methyl/N-ethyl adjacent to an activating group) is 1. The Hall–Kier alpha value is -2.32. The summed E-state index contributed by atoms with van der Waals surface area (Å²) < 4.78 is 28.3. The van der Waals surface area contributed by atoms with Crippen LogP contribution in [-0.4, -0.2) is 45.0 Å². The average molecular weight is 427 g/mol. The fraction of sp³-hybridized carbons (Fsp3) is 0.348. The van der Waals surface area contributed by atoms with E-state index in [-0.39, 0.29) is 0 Å². The summed E-state index contributed by atoms with van der Waals surface area (Å²) in [6.45, 7) is 4.22. The standard InChI is InChI=1S/C23H30N4O2S/c1-18-22-8-4-3-7-20(22)10-12-23(18)30(28,29)26-13-15-27(2)14-5-6-19-9-11-21(16-24)25-17-19/h3-4,7-12,17,26H,5-6,13-16,24H2,1-2H3. The summed E-state index contributed by atoms with van der Waals surface area (Å²) >= 11 is 0. The van der Waals surface area contributed by atoms with Gasteiger partial charge in [0.15, 0.2) is 0 Å². The van der Waals surface area contributed by atoms with Crippen LogP contribution in [0.2, 0.25) is 0 Å². The number of nitrogens with one attached hydrogen (secondary N) is 1. The van der Waals surface area contributed by atoms with E-state index in [2.05, 4.69) is 20.7 Å². The van der Waals surface area contributed by atoms with Crippen molar-refractivity contribution in [3.8, 4) is 0 Å². The van der Waals surface area contributed by atoms with Crippen molar-refractivity contribution in [2.45, 2.75) is 31.2 Å². The summed E-state index contributed by atoms with van der Waals surface area (Å²) in [6, 6.07) is 15.4. The molecule has 0 aliphatic rings. The SMILES string of the molecule is Cc1c(S(=O)(=O)NCCN(C)CCCc2ccc(CN)nc2)ccc2ccccc12. The lowest BCUT2D eigenvalue weighted by Gasteiger charge is -2.17. The Bertz CT molecular complexity index is 1080. The lowest BCUT2D eigenvalue weighted by Crippen LogP contribution is -2.33. The van der Waals surface area contributed by atoms with Crippen molar-refractivity contribution in [1.82, 2.24) is 14.6 Å². The van der Waals surface area contributed by atoms with Crippen molar-refractivity contribution in [2.24, 2.45) is 5.73 Å². The first-order valence-electron chi connectivity index (χ1n) is 10.2. The van der Waals surface area contributed by atoms with Gasteiger partial charge in [0.25, 0.3) is 0 Å². The molecule has 3 N–H and O–H groups in total. The molecule has 0 radical (unpaired) electrons. The fourth-order valence-electron chi connectivity index (χ4n) is 3.54. The number of fused-ring (bicyclic) bond motifs is 1. The molecule has 0 amide bonds. The normalized spacial score (nSPS) is 12.0. The topological polar surface area (TPSA) is 88.3 Å². The number of hydrogen-bond acceptors (Lipinski definition) is 5. The number of sulfonamides is 1. The fourth-order valence-corrected chi connectivity index (χ4v) is 4.81. The summed E-state index contributed by atoms with van der Waals surface area (Å²) in [4.78, 5) is 6.79. The van der Waals surface area contributed by atoms with Gasteiger partial charge in [-0.3, -0.25) is 4.98 Å². The molecule has 0 aliphatic carbocycles. The maximum absolute atomic E-state index is 12.8. The van der Waals surface area contributed by atoms with Crippen molar-refractivity contribution in [3.05, 3.63) is 71.5 Å². The molecule has 160 valence electrons. The average Bonchev–Trinajstić information content (AvgIpc) is 2.74. The molecule has 3 aromatic rings. The van der Waals surface area contributed by atoms with Gasteiger partial charge in [0.05, 0.1) is 10.6 Å². The highest BCUT2D eigenvalue weighted by molar-refractivity contribution is 7.89. The minimum Gasteiger partial charge on any atom is -0.325 e. The molecule has 3 rings (SSSR count). The third-order valence-electron chi connectivity index (χ3n) is 5.32. The molecule has 0 aliphatic heterocycles. The predicted molar refractivity (Wildman–Crippen MR) is 122 cm³/mol. The van der Waals surface area contributed by atoms with Crippen molar-refractivity contribution >= 4 is 20.8 Å². The van der Waals surface area contributed by atoms with Crippen molar-refractivity contribution in [2.75, 3.05) is 26.7 Å². The Morgan fingerprint density at radius 1 is 1.07 bits per heavy atom. The smallest absolute Gasteiger partial charge is 0.240 e. The molecule has 30 heavy (non-hydrogen) atoms. The number of aromatic nitrogens is 1. The highest BCUT2D eigenvalue weighted by Gasteiger charge is 2.17. The summed E-state index contributed by atoms with van der Waals surface area (Å²) in [6.07, 6.45) is 3.79. The van der Waals surface area contributed by atoms with E-state index in [1.807, 2.05) is 56.6 Å². The highest BCUT2D eigenvalue weighted by Crippen LogP contribution is 2.24. The third-order valence-corrected chi connectivity index (χ3v) is 6.93. The number of aryl methyl sites for hydroxylation is 2. The molecule has 2 aromatic carbocycles. The summed E-state index contributed by atoms with van der Waals surface area (Å²) in [5.41, 5.74) is 8.43. The molecule has 0 unspecified atom stereocenters. The predicted octanol–water partition coefficient (Wildman–Crippen LogP) is 2.84. The first-order valence-corrected chi connectivity index (χ1v) is 11.7. The zero-order chi connectivity index (χ0) is 21.6. The Labute approximate surface area is 179 Å². The van der Waals surface area contributed by atoms with Crippen molar-refractivity contribution in [1.29, 1.82) is 0 Å². The second kappa shape index (κ2) is 10.1. The van der Waals surface area contributed by atoms with Crippen LogP contribution in [0.5, 0.6) is 0 Å². The molecule has 1 aromatic heterocycles. The lowest BCUT2D eigenvalue weighted by atomic mass is 10.1. The molecule has 0 spiro atoms. The van der Waals surface area contributed by atoms with E-state index in [4.69, 9.17) is 5.73 Å². The van der Waals surface area contributed by atoms with Gasteiger partial charge in [-0.1, -0.05) is 36.4 Å². The van der Waals surface area contributed by atoms with E-state index < -0.39 is 10.0 Å². The van der Waals surface area contributed by atoms with Crippen LogP contribution in [0.4, 0.5) is 0 Å². The van der Waals surface area contributed by atoms with Gasteiger partial charge in [-0.05, 0) is 67.4 Å². The lowest BCUT2D eigenvalue weighted by molar-refractivity contribution is 0.334. The maximum Gasteiger partial charge on any atom is 0.240 e. The van der Waals surface area contributed by atoms with E-state index in [1.165, 1.54) is 5.56 Å². The molecule has 7 heteroatoms. The quantitative estimate of drug-likeness (QED) is 0.520. The third kappa shape index (κ3) is 5.64. The number of hydrogen-bond donors (Lipinski definition) is 2. The Balaban J connectivity index is 1.48.